The predicted octanol–water partition coefficient (Wildman–Crippen LogP) is 2.09. The number of halogens is 1. The van der Waals surface area contributed by atoms with Crippen LogP contribution in [0.2, 0.25) is 0 Å². The third kappa shape index (κ3) is 2.48. The van der Waals surface area contributed by atoms with Gasteiger partial charge in [-0.05, 0) is 12.5 Å². The number of rotatable bonds is 2. The number of carbonyl (C=O) groups is 1. The number of aliphatic hydroxyl groups is 1. The van der Waals surface area contributed by atoms with E-state index in [-0.39, 0.29) is 42.0 Å². The van der Waals surface area contributed by atoms with Crippen molar-refractivity contribution in [3.63, 3.8) is 0 Å². The number of nitrogens with one attached hydrogen (secondary N) is 1. The molecule has 0 saturated carbocycles. The largest absolute Gasteiger partial charge is 0.486 e. The molecule has 3 aromatic rings. The molecule has 0 radical (unpaired) electrons. The summed E-state index contributed by atoms with van der Waals surface area (Å²) in [6.45, 7) is 2.69. The van der Waals surface area contributed by atoms with Crippen molar-refractivity contribution in [3.05, 3.63) is 45.0 Å². The summed E-state index contributed by atoms with van der Waals surface area (Å²) in [6.07, 6.45) is 0.0607. The number of nitrogens with zero attached hydrogens (tertiary/aromatic N) is 3. The smallest absolute Gasteiger partial charge is 0.343 e. The number of likely N-dealkylation sites (N-methyl/N-ethyl adjacent to an activating group) is 1. The highest BCUT2D eigenvalue weighted by molar-refractivity contribution is 6.07. The van der Waals surface area contributed by atoms with E-state index in [9.17, 15) is 19.1 Å². The molecule has 0 amide bonds. The average Bonchev–Trinajstić information content (AvgIpc) is 3.19. The second-order valence-corrected chi connectivity index (χ2v) is 8.87. The van der Waals surface area contributed by atoms with Gasteiger partial charge in [0, 0.05) is 31.3 Å². The Kier molecular flexibility index (Phi) is 4.26. The van der Waals surface area contributed by atoms with Gasteiger partial charge in [0.1, 0.15) is 13.2 Å². The summed E-state index contributed by atoms with van der Waals surface area (Å²) >= 11 is 0. The molecule has 0 unspecified atom stereocenters. The summed E-state index contributed by atoms with van der Waals surface area (Å²) in [6, 6.07) is 2.99. The van der Waals surface area contributed by atoms with Crippen molar-refractivity contribution >= 4 is 28.2 Å². The number of carbonyl (C=O) groups excluding carboxylic acids is 1. The second-order valence-electron chi connectivity index (χ2n) is 8.87. The fraction of sp³-hybridized carbons (Fsp3) is 0.375. The Hall–Kier alpha value is -3.66. The number of ether oxygens (including phenoxy) is 2. The third-order valence-electron chi connectivity index (χ3n) is 7.16. The normalized spacial score (nSPS) is 20.3. The number of fused-ring (bicyclic) bond motifs is 7. The van der Waals surface area contributed by atoms with E-state index < -0.39 is 17.4 Å². The number of benzene rings is 1. The van der Waals surface area contributed by atoms with E-state index in [0.29, 0.717) is 41.1 Å². The van der Waals surface area contributed by atoms with Gasteiger partial charge in [0.05, 0.1) is 52.3 Å². The summed E-state index contributed by atoms with van der Waals surface area (Å²) in [5.74, 6) is -1.09. The first-order chi connectivity index (χ1) is 16.3. The van der Waals surface area contributed by atoms with Crippen LogP contribution in [-0.2, 0) is 28.3 Å². The second kappa shape index (κ2) is 6.92. The summed E-state index contributed by atoms with van der Waals surface area (Å²) in [7, 11) is 3.65. The quantitative estimate of drug-likeness (QED) is 0.433. The molecule has 1 aromatic carbocycles. The highest BCUT2D eigenvalue weighted by atomic mass is 19.1. The Morgan fingerprint density at radius 1 is 1.26 bits per heavy atom. The van der Waals surface area contributed by atoms with Gasteiger partial charge in [0.15, 0.2) is 17.2 Å². The maximum Gasteiger partial charge on any atom is 0.343 e. The van der Waals surface area contributed by atoms with Crippen LogP contribution in [0.25, 0.3) is 22.3 Å². The minimum atomic E-state index is -1.90. The predicted molar refractivity (Wildman–Crippen MR) is 123 cm³/mol. The first-order valence-corrected chi connectivity index (χ1v) is 11.2. The number of aromatic nitrogens is 2. The molecule has 0 bridgehead atoms. The molecule has 0 aliphatic carbocycles. The van der Waals surface area contributed by atoms with E-state index >= 15 is 0 Å². The zero-order valence-corrected chi connectivity index (χ0v) is 19.0. The van der Waals surface area contributed by atoms with Crippen LogP contribution in [0.15, 0.2) is 16.9 Å². The average molecular weight is 466 g/mol. The first-order valence-electron chi connectivity index (χ1n) is 11.2. The van der Waals surface area contributed by atoms with Crippen molar-refractivity contribution in [1.82, 2.24) is 9.55 Å². The topological polar surface area (TPSA) is 106 Å². The van der Waals surface area contributed by atoms with Gasteiger partial charge in [-0.1, -0.05) is 6.92 Å². The van der Waals surface area contributed by atoms with Crippen molar-refractivity contribution in [2.24, 2.45) is 0 Å². The molecule has 9 nitrogen and oxygen atoms in total. The Labute approximate surface area is 193 Å². The van der Waals surface area contributed by atoms with Gasteiger partial charge in [0.2, 0.25) is 0 Å². The van der Waals surface area contributed by atoms with E-state index in [4.69, 9.17) is 14.5 Å². The summed E-state index contributed by atoms with van der Waals surface area (Å²) in [4.78, 5) is 32.5. The molecule has 3 aliphatic heterocycles. The van der Waals surface area contributed by atoms with Gasteiger partial charge in [-0.25, -0.2) is 14.2 Å². The van der Waals surface area contributed by atoms with Crippen LogP contribution >= 0.6 is 0 Å². The lowest BCUT2D eigenvalue weighted by Gasteiger charge is -2.31. The lowest BCUT2D eigenvalue weighted by Crippen LogP contribution is -2.44. The fourth-order valence-electron chi connectivity index (χ4n) is 5.35. The number of hydrogen-bond donors (Lipinski definition) is 2. The van der Waals surface area contributed by atoms with Crippen molar-refractivity contribution < 1.29 is 23.8 Å². The lowest BCUT2D eigenvalue weighted by molar-refractivity contribution is -0.172. The van der Waals surface area contributed by atoms with E-state index in [2.05, 4.69) is 5.32 Å². The van der Waals surface area contributed by atoms with Crippen LogP contribution in [0.4, 0.5) is 15.8 Å². The minimum Gasteiger partial charge on any atom is -0.486 e. The Balaban J connectivity index is 1.68. The van der Waals surface area contributed by atoms with Crippen LogP contribution in [0.1, 0.15) is 30.0 Å². The molecule has 176 valence electrons. The number of anilines is 2. The van der Waals surface area contributed by atoms with Crippen molar-refractivity contribution in [1.29, 1.82) is 0 Å². The molecule has 3 aliphatic rings. The Morgan fingerprint density at radius 3 is 2.79 bits per heavy atom. The maximum atomic E-state index is 15.0. The molecule has 0 saturated heterocycles. The van der Waals surface area contributed by atoms with Gasteiger partial charge in [-0.2, -0.15) is 0 Å². The minimum absolute atomic E-state index is 0.0607. The van der Waals surface area contributed by atoms with E-state index in [1.165, 1.54) is 6.07 Å². The Bertz CT molecular complexity index is 1480. The van der Waals surface area contributed by atoms with E-state index in [1.54, 1.807) is 24.6 Å². The number of cyclic esters (lactones) is 1. The molecule has 5 heterocycles. The highest BCUT2D eigenvalue weighted by Gasteiger charge is 2.45. The van der Waals surface area contributed by atoms with Crippen LogP contribution in [0.5, 0.6) is 5.75 Å². The SMILES string of the molecule is CC[C@@]1(O)C(=O)OCc2c1cc1n(c2=O)Cc2c-1nc1cc(F)c3c(c1c2NC)N(C)CCO3. The Morgan fingerprint density at radius 2 is 2.06 bits per heavy atom. The van der Waals surface area contributed by atoms with Crippen LogP contribution in [0.3, 0.4) is 0 Å². The molecule has 2 aromatic heterocycles. The molecule has 34 heavy (non-hydrogen) atoms. The van der Waals surface area contributed by atoms with Gasteiger partial charge in [-0.3, -0.25) is 4.79 Å². The molecular formula is C24H23FN4O5. The lowest BCUT2D eigenvalue weighted by atomic mass is 9.86. The van der Waals surface area contributed by atoms with Gasteiger partial charge in [0.25, 0.3) is 5.56 Å². The summed E-state index contributed by atoms with van der Waals surface area (Å²) in [5, 5.41) is 15.0. The summed E-state index contributed by atoms with van der Waals surface area (Å²) < 4.78 is 27.3. The van der Waals surface area contributed by atoms with Crippen molar-refractivity contribution in [2.75, 3.05) is 37.5 Å². The van der Waals surface area contributed by atoms with Gasteiger partial charge in [-0.15, -0.1) is 0 Å². The van der Waals surface area contributed by atoms with Crippen LogP contribution in [0, 0.1) is 5.82 Å². The molecular weight excluding hydrogens is 443 g/mol. The molecule has 1 atom stereocenters. The summed E-state index contributed by atoms with van der Waals surface area (Å²) in [5.41, 5.74) is 1.77. The molecule has 0 fully saturated rings. The van der Waals surface area contributed by atoms with Crippen molar-refractivity contribution in [3.8, 4) is 17.1 Å². The molecule has 10 heteroatoms. The fourth-order valence-corrected chi connectivity index (χ4v) is 5.35. The van der Waals surface area contributed by atoms with Crippen molar-refractivity contribution in [2.45, 2.75) is 32.1 Å². The maximum absolute atomic E-state index is 15.0. The van der Waals surface area contributed by atoms with Crippen LogP contribution < -0.4 is 20.5 Å². The monoisotopic (exact) mass is 466 g/mol. The van der Waals surface area contributed by atoms with Gasteiger partial charge >= 0.3 is 5.97 Å². The number of esters is 1. The molecule has 2 N–H and O–H groups in total. The zero-order chi connectivity index (χ0) is 23.9. The zero-order valence-electron chi connectivity index (χ0n) is 19.0. The first kappa shape index (κ1) is 20.9. The standard InChI is InChI=1S/C24H23FN4O5/c1-4-24(32)13-7-16-18-11(9-29(16)22(30)12(13)10-34-23(24)31)19(26-2)17-15(27-18)8-14(25)21-20(17)28(3)5-6-33-21/h7-8,32H,4-6,9-10H2,1-3H3,(H,26,27)/t24-/m0/s1. The third-order valence-corrected chi connectivity index (χ3v) is 7.16. The number of pyridine rings is 2. The molecule has 6 rings (SSSR count). The van der Waals surface area contributed by atoms with E-state index in [1.807, 2.05) is 11.9 Å². The number of hydrogen-bond acceptors (Lipinski definition) is 8. The highest BCUT2D eigenvalue weighted by Crippen LogP contribution is 2.48. The van der Waals surface area contributed by atoms with Crippen LogP contribution in [-0.4, -0.2) is 47.9 Å². The molecule has 0 spiro atoms. The van der Waals surface area contributed by atoms with E-state index in [0.717, 1.165) is 11.3 Å². The van der Waals surface area contributed by atoms with Gasteiger partial charge < -0.3 is 29.4 Å².